The Morgan fingerprint density at radius 2 is 2.16 bits per heavy atom. The number of aliphatic hydroxyl groups is 1. The highest BCUT2D eigenvalue weighted by Crippen LogP contribution is 2.25. The Hall–Kier alpha value is -2.91. The molecule has 9 nitrogen and oxygen atoms in total. The topological polar surface area (TPSA) is 103 Å². The molecule has 1 aromatic carbocycles. The molecule has 31 heavy (non-hydrogen) atoms. The molecular weight excluding hydrogens is 396 g/mol. The Kier molecular flexibility index (Phi) is 7.64. The van der Waals surface area contributed by atoms with Crippen LogP contribution < -0.4 is 20.3 Å². The van der Waals surface area contributed by atoms with Gasteiger partial charge in [-0.05, 0) is 45.1 Å². The molecule has 1 aliphatic rings. The number of nitrogens with zero attached hydrogens (tertiary/aromatic N) is 4. The zero-order chi connectivity index (χ0) is 22.3. The number of ether oxygens (including phenoxy) is 1. The summed E-state index contributed by atoms with van der Waals surface area (Å²) >= 11 is 0. The Balaban J connectivity index is 1.57. The summed E-state index contributed by atoms with van der Waals surface area (Å²) in [6, 6.07) is 8.95. The SMILES string of the molecule is CNc1cc(N2CCC[C@](O)(CNC(=O)c3cccc(OCCN(C)C)c3)C2)ncn1. The van der Waals surface area contributed by atoms with Gasteiger partial charge in [0.25, 0.3) is 5.91 Å². The Morgan fingerprint density at radius 1 is 1.32 bits per heavy atom. The third kappa shape index (κ3) is 6.53. The largest absolute Gasteiger partial charge is 0.492 e. The Morgan fingerprint density at radius 3 is 2.94 bits per heavy atom. The lowest BCUT2D eigenvalue weighted by Crippen LogP contribution is -2.54. The van der Waals surface area contributed by atoms with E-state index in [9.17, 15) is 9.90 Å². The first kappa shape index (κ1) is 22.8. The van der Waals surface area contributed by atoms with E-state index in [4.69, 9.17) is 4.74 Å². The minimum atomic E-state index is -1.03. The van der Waals surface area contributed by atoms with Crippen molar-refractivity contribution in [2.24, 2.45) is 0 Å². The van der Waals surface area contributed by atoms with Gasteiger partial charge >= 0.3 is 0 Å². The average Bonchev–Trinajstić information content (AvgIpc) is 2.77. The highest BCUT2D eigenvalue weighted by molar-refractivity contribution is 5.94. The zero-order valence-corrected chi connectivity index (χ0v) is 18.5. The van der Waals surface area contributed by atoms with E-state index in [1.54, 1.807) is 25.2 Å². The molecule has 0 aliphatic carbocycles. The van der Waals surface area contributed by atoms with Gasteiger partial charge < -0.3 is 30.3 Å². The molecule has 0 unspecified atom stereocenters. The zero-order valence-electron chi connectivity index (χ0n) is 18.5. The third-order valence-electron chi connectivity index (χ3n) is 5.27. The van der Waals surface area contributed by atoms with Crippen molar-refractivity contribution in [1.29, 1.82) is 0 Å². The summed E-state index contributed by atoms with van der Waals surface area (Å²) in [6.45, 7) is 2.69. The fourth-order valence-corrected chi connectivity index (χ4v) is 3.53. The van der Waals surface area contributed by atoms with Crippen molar-refractivity contribution in [2.75, 3.05) is 64.1 Å². The molecule has 1 saturated heterocycles. The highest BCUT2D eigenvalue weighted by atomic mass is 16.5. The van der Waals surface area contributed by atoms with E-state index in [-0.39, 0.29) is 12.5 Å². The quantitative estimate of drug-likeness (QED) is 0.548. The van der Waals surface area contributed by atoms with Gasteiger partial charge in [-0.15, -0.1) is 0 Å². The number of hydrogen-bond acceptors (Lipinski definition) is 8. The van der Waals surface area contributed by atoms with Crippen LogP contribution in [-0.2, 0) is 0 Å². The Labute approximate surface area is 183 Å². The van der Waals surface area contributed by atoms with Gasteiger partial charge in [-0.25, -0.2) is 9.97 Å². The molecule has 3 N–H and O–H groups in total. The van der Waals surface area contributed by atoms with Crippen LogP contribution in [0.3, 0.4) is 0 Å². The summed E-state index contributed by atoms with van der Waals surface area (Å²) in [4.78, 5) is 25.2. The van der Waals surface area contributed by atoms with Crippen molar-refractivity contribution < 1.29 is 14.6 Å². The molecule has 9 heteroatoms. The maximum Gasteiger partial charge on any atom is 0.251 e. The second-order valence-electron chi connectivity index (χ2n) is 8.12. The monoisotopic (exact) mass is 428 g/mol. The maximum absolute atomic E-state index is 12.7. The molecule has 168 valence electrons. The van der Waals surface area contributed by atoms with Crippen molar-refractivity contribution in [1.82, 2.24) is 20.2 Å². The predicted octanol–water partition coefficient (Wildman–Crippen LogP) is 1.22. The highest BCUT2D eigenvalue weighted by Gasteiger charge is 2.34. The first-order chi connectivity index (χ1) is 14.9. The molecule has 1 fully saturated rings. The minimum Gasteiger partial charge on any atom is -0.492 e. The maximum atomic E-state index is 12.7. The second kappa shape index (κ2) is 10.4. The number of rotatable bonds is 9. The summed E-state index contributed by atoms with van der Waals surface area (Å²) < 4.78 is 5.71. The van der Waals surface area contributed by atoms with Gasteiger partial charge in [-0.2, -0.15) is 0 Å². The molecule has 0 spiro atoms. The summed E-state index contributed by atoms with van der Waals surface area (Å²) in [5, 5.41) is 17.0. The van der Waals surface area contributed by atoms with Gasteiger partial charge in [-0.3, -0.25) is 4.79 Å². The number of hydrogen-bond donors (Lipinski definition) is 3. The number of likely N-dealkylation sites (N-methyl/N-ethyl adjacent to an activating group) is 1. The molecule has 1 aromatic heterocycles. The molecule has 2 heterocycles. The Bertz CT molecular complexity index is 878. The number of amides is 1. The van der Waals surface area contributed by atoms with Crippen molar-refractivity contribution in [2.45, 2.75) is 18.4 Å². The fraction of sp³-hybridized carbons (Fsp3) is 0.500. The van der Waals surface area contributed by atoms with E-state index in [1.165, 1.54) is 6.33 Å². The fourth-order valence-electron chi connectivity index (χ4n) is 3.53. The number of anilines is 2. The van der Waals surface area contributed by atoms with Crippen molar-refractivity contribution in [3.8, 4) is 5.75 Å². The summed E-state index contributed by atoms with van der Waals surface area (Å²) in [6.07, 6.45) is 2.92. The van der Waals surface area contributed by atoms with Crippen LogP contribution in [0.1, 0.15) is 23.2 Å². The van der Waals surface area contributed by atoms with E-state index in [1.807, 2.05) is 36.0 Å². The molecule has 1 atom stereocenters. The van der Waals surface area contributed by atoms with E-state index < -0.39 is 5.60 Å². The van der Waals surface area contributed by atoms with Gasteiger partial charge in [0.2, 0.25) is 0 Å². The lowest BCUT2D eigenvalue weighted by atomic mass is 9.92. The van der Waals surface area contributed by atoms with Gasteiger partial charge in [0.05, 0.1) is 5.60 Å². The van der Waals surface area contributed by atoms with Crippen LogP contribution in [-0.4, -0.2) is 85.4 Å². The van der Waals surface area contributed by atoms with Gasteiger partial charge in [0, 0.05) is 44.9 Å². The summed E-state index contributed by atoms with van der Waals surface area (Å²) in [5.74, 6) is 1.90. The summed E-state index contributed by atoms with van der Waals surface area (Å²) in [7, 11) is 5.76. The van der Waals surface area contributed by atoms with E-state index in [0.717, 1.165) is 31.1 Å². The number of carbonyl (C=O) groups is 1. The number of β-amino-alcohol motifs (C(OH)–C–C–N with tert-alkyl or cyclic N) is 1. The number of aromatic nitrogens is 2. The molecule has 0 saturated carbocycles. The van der Waals surface area contributed by atoms with Gasteiger partial charge in [0.15, 0.2) is 0 Å². The van der Waals surface area contributed by atoms with E-state index in [0.29, 0.717) is 30.9 Å². The number of nitrogens with one attached hydrogen (secondary N) is 2. The van der Waals surface area contributed by atoms with Crippen molar-refractivity contribution in [3.05, 3.63) is 42.2 Å². The number of piperidine rings is 1. The molecule has 1 aliphatic heterocycles. The molecular formula is C22H32N6O3. The van der Waals surface area contributed by atoms with Crippen molar-refractivity contribution in [3.63, 3.8) is 0 Å². The van der Waals surface area contributed by atoms with Crippen LogP contribution in [0.5, 0.6) is 5.75 Å². The number of benzene rings is 1. The van der Waals surface area contributed by atoms with Crippen LogP contribution in [0.4, 0.5) is 11.6 Å². The molecule has 0 radical (unpaired) electrons. The van der Waals surface area contributed by atoms with Gasteiger partial charge in [0.1, 0.15) is 30.3 Å². The van der Waals surface area contributed by atoms with E-state index >= 15 is 0 Å². The molecule has 3 rings (SSSR count). The number of carbonyl (C=O) groups excluding carboxylic acids is 1. The van der Waals surface area contributed by atoms with Crippen LogP contribution in [0.15, 0.2) is 36.7 Å². The lowest BCUT2D eigenvalue weighted by Gasteiger charge is -2.39. The van der Waals surface area contributed by atoms with Crippen molar-refractivity contribution >= 4 is 17.5 Å². The van der Waals surface area contributed by atoms with Crippen LogP contribution in [0.2, 0.25) is 0 Å². The minimum absolute atomic E-state index is 0.165. The predicted molar refractivity (Wildman–Crippen MR) is 121 cm³/mol. The van der Waals surface area contributed by atoms with Crippen LogP contribution >= 0.6 is 0 Å². The third-order valence-corrected chi connectivity index (χ3v) is 5.27. The normalized spacial score (nSPS) is 18.7. The smallest absolute Gasteiger partial charge is 0.251 e. The average molecular weight is 429 g/mol. The van der Waals surface area contributed by atoms with Crippen LogP contribution in [0.25, 0.3) is 0 Å². The second-order valence-corrected chi connectivity index (χ2v) is 8.12. The van der Waals surface area contributed by atoms with Crippen LogP contribution in [0, 0.1) is 0 Å². The lowest BCUT2D eigenvalue weighted by molar-refractivity contribution is 0.0254. The van der Waals surface area contributed by atoms with Gasteiger partial charge in [-0.1, -0.05) is 6.07 Å². The molecule has 2 aromatic rings. The first-order valence-corrected chi connectivity index (χ1v) is 10.5. The molecule has 1 amide bonds. The first-order valence-electron chi connectivity index (χ1n) is 10.5. The molecule has 0 bridgehead atoms. The van der Waals surface area contributed by atoms with E-state index in [2.05, 4.69) is 20.6 Å². The summed E-state index contributed by atoms with van der Waals surface area (Å²) in [5.41, 5.74) is -0.522. The standard InChI is InChI=1S/C22H32N6O3/c1-23-19-13-20(26-16-25-19)28-9-5-8-22(30,15-28)14-24-21(29)17-6-4-7-18(12-17)31-11-10-27(2)3/h4,6-7,12-13,16,30H,5,8-11,14-15H2,1-3H3,(H,24,29)(H,23,25,26)/t22-/m0/s1.